The van der Waals surface area contributed by atoms with Gasteiger partial charge in [-0.25, -0.2) is 9.59 Å². The minimum absolute atomic E-state index is 0.310. The number of nitrogens with one attached hydrogen (secondary N) is 1. The van der Waals surface area contributed by atoms with E-state index in [4.69, 9.17) is 4.74 Å². The van der Waals surface area contributed by atoms with Gasteiger partial charge in [-0.05, 0) is 29.3 Å². The third-order valence-electron chi connectivity index (χ3n) is 3.96. The number of benzene rings is 2. The molecule has 0 aromatic heterocycles. The molecule has 5 heteroatoms. The SMILES string of the molecule is CCCCOC(=O)C1=C(Nc2ccc3ccccc3c2)SCC1=C=O. The molecule has 0 bridgehead atoms. The Bertz CT molecular complexity index is 881. The van der Waals surface area contributed by atoms with Crippen molar-refractivity contribution in [2.45, 2.75) is 19.8 Å². The summed E-state index contributed by atoms with van der Waals surface area (Å²) in [6, 6.07) is 14.1. The van der Waals surface area contributed by atoms with E-state index in [0.717, 1.165) is 29.3 Å². The molecule has 1 N–H and O–H groups in total. The van der Waals surface area contributed by atoms with Gasteiger partial charge in [0.1, 0.15) is 11.5 Å². The molecule has 1 heterocycles. The molecule has 0 radical (unpaired) electrons. The first-order valence-electron chi connectivity index (χ1n) is 8.27. The predicted molar refractivity (Wildman–Crippen MR) is 102 cm³/mol. The van der Waals surface area contributed by atoms with Crippen LogP contribution in [0.3, 0.4) is 0 Å². The van der Waals surface area contributed by atoms with Crippen molar-refractivity contribution in [3.05, 3.63) is 58.6 Å². The van der Waals surface area contributed by atoms with E-state index in [1.54, 1.807) is 0 Å². The summed E-state index contributed by atoms with van der Waals surface area (Å²) in [5.74, 6) is 1.85. The largest absolute Gasteiger partial charge is 0.462 e. The molecule has 0 aliphatic carbocycles. The molecule has 0 saturated carbocycles. The lowest BCUT2D eigenvalue weighted by molar-refractivity contribution is -0.138. The van der Waals surface area contributed by atoms with Gasteiger partial charge in [0.2, 0.25) is 0 Å². The normalized spacial score (nSPS) is 13.9. The molecular formula is C20H19NO3S. The van der Waals surface area contributed by atoms with Gasteiger partial charge < -0.3 is 10.1 Å². The third kappa shape index (κ3) is 3.95. The number of esters is 1. The zero-order valence-electron chi connectivity index (χ0n) is 14.0. The van der Waals surface area contributed by atoms with Gasteiger partial charge in [-0.15, -0.1) is 11.8 Å². The molecular weight excluding hydrogens is 334 g/mol. The van der Waals surface area contributed by atoms with Gasteiger partial charge in [0.25, 0.3) is 0 Å². The average molecular weight is 353 g/mol. The molecule has 0 fully saturated rings. The van der Waals surface area contributed by atoms with Crippen molar-refractivity contribution in [3.63, 3.8) is 0 Å². The lowest BCUT2D eigenvalue weighted by atomic mass is 10.1. The van der Waals surface area contributed by atoms with Crippen LogP contribution in [0.4, 0.5) is 5.69 Å². The summed E-state index contributed by atoms with van der Waals surface area (Å²) in [7, 11) is 0. The Balaban J connectivity index is 1.87. The van der Waals surface area contributed by atoms with E-state index < -0.39 is 5.97 Å². The zero-order chi connectivity index (χ0) is 17.6. The summed E-state index contributed by atoms with van der Waals surface area (Å²) in [5.41, 5.74) is 1.53. The number of hydrogen-bond donors (Lipinski definition) is 1. The first-order chi connectivity index (χ1) is 12.2. The van der Waals surface area contributed by atoms with Crippen molar-refractivity contribution in [2.24, 2.45) is 0 Å². The fraction of sp³-hybridized carbons (Fsp3) is 0.250. The molecule has 1 aliphatic rings. The second kappa shape index (κ2) is 8.06. The maximum atomic E-state index is 12.4. The summed E-state index contributed by atoms with van der Waals surface area (Å²) in [6.45, 7) is 2.39. The highest BCUT2D eigenvalue weighted by Crippen LogP contribution is 2.36. The molecule has 0 unspecified atom stereocenters. The Morgan fingerprint density at radius 3 is 2.80 bits per heavy atom. The highest BCUT2D eigenvalue weighted by molar-refractivity contribution is 8.03. The first-order valence-corrected chi connectivity index (χ1v) is 9.26. The van der Waals surface area contributed by atoms with Crippen LogP contribution in [-0.2, 0) is 14.3 Å². The average Bonchev–Trinajstić information content (AvgIpc) is 3.04. The fourth-order valence-corrected chi connectivity index (χ4v) is 3.63. The Morgan fingerprint density at radius 2 is 2.04 bits per heavy atom. The van der Waals surface area contributed by atoms with E-state index in [1.165, 1.54) is 11.8 Å². The van der Waals surface area contributed by atoms with E-state index in [1.807, 2.05) is 55.3 Å². The topological polar surface area (TPSA) is 55.4 Å². The molecule has 4 nitrogen and oxygen atoms in total. The van der Waals surface area contributed by atoms with Crippen molar-refractivity contribution in [1.82, 2.24) is 0 Å². The molecule has 0 spiro atoms. The number of fused-ring (bicyclic) bond motifs is 1. The molecule has 0 amide bonds. The Morgan fingerprint density at radius 1 is 1.24 bits per heavy atom. The van der Waals surface area contributed by atoms with Crippen LogP contribution >= 0.6 is 11.8 Å². The fourth-order valence-electron chi connectivity index (χ4n) is 2.60. The second-order valence-electron chi connectivity index (χ2n) is 5.75. The van der Waals surface area contributed by atoms with E-state index in [2.05, 4.69) is 5.32 Å². The van der Waals surface area contributed by atoms with Crippen molar-refractivity contribution in [3.8, 4) is 0 Å². The van der Waals surface area contributed by atoms with Gasteiger partial charge in [0.05, 0.1) is 17.2 Å². The van der Waals surface area contributed by atoms with Gasteiger partial charge in [-0.2, -0.15) is 0 Å². The van der Waals surface area contributed by atoms with Crippen LogP contribution in [0.25, 0.3) is 10.8 Å². The number of unbranched alkanes of at least 4 members (excludes halogenated alkanes) is 1. The van der Waals surface area contributed by atoms with Gasteiger partial charge in [-0.1, -0.05) is 43.7 Å². The number of ether oxygens (including phenoxy) is 1. The van der Waals surface area contributed by atoms with Crippen LogP contribution in [0.2, 0.25) is 0 Å². The monoisotopic (exact) mass is 353 g/mol. The quantitative estimate of drug-likeness (QED) is 0.476. The van der Waals surface area contributed by atoms with E-state index >= 15 is 0 Å². The first kappa shape index (κ1) is 17.3. The van der Waals surface area contributed by atoms with Gasteiger partial charge in [0, 0.05) is 11.4 Å². The Hall–Kier alpha value is -2.49. The van der Waals surface area contributed by atoms with Crippen LogP contribution in [0.1, 0.15) is 19.8 Å². The number of carbonyl (C=O) groups is 1. The van der Waals surface area contributed by atoms with Crippen molar-refractivity contribution in [2.75, 3.05) is 17.7 Å². The summed E-state index contributed by atoms with van der Waals surface area (Å²) >= 11 is 1.42. The number of anilines is 1. The summed E-state index contributed by atoms with van der Waals surface area (Å²) in [4.78, 5) is 23.5. The number of rotatable bonds is 6. The van der Waals surface area contributed by atoms with Gasteiger partial charge in [-0.3, -0.25) is 0 Å². The smallest absolute Gasteiger partial charge is 0.341 e. The third-order valence-corrected chi connectivity index (χ3v) is 4.98. The molecule has 25 heavy (non-hydrogen) atoms. The van der Waals surface area contributed by atoms with Gasteiger partial charge in [0.15, 0.2) is 0 Å². The number of thioether (sulfide) groups is 1. The number of carbonyl (C=O) groups excluding carboxylic acids is 2. The molecule has 2 aromatic rings. The Labute approximate surface area is 150 Å². The molecule has 1 aliphatic heterocycles. The van der Waals surface area contributed by atoms with E-state index in [-0.39, 0.29) is 0 Å². The number of hydrogen-bond acceptors (Lipinski definition) is 5. The highest BCUT2D eigenvalue weighted by atomic mass is 32.2. The lowest BCUT2D eigenvalue weighted by Gasteiger charge is -2.10. The summed E-state index contributed by atoms with van der Waals surface area (Å²) in [6.07, 6.45) is 1.75. The summed E-state index contributed by atoms with van der Waals surface area (Å²) < 4.78 is 5.29. The second-order valence-corrected chi connectivity index (χ2v) is 6.74. The lowest BCUT2D eigenvalue weighted by Crippen LogP contribution is -2.13. The molecule has 0 saturated heterocycles. The highest BCUT2D eigenvalue weighted by Gasteiger charge is 2.29. The Kier molecular flexibility index (Phi) is 5.59. The predicted octanol–water partition coefficient (Wildman–Crippen LogP) is 4.31. The van der Waals surface area contributed by atoms with Crippen LogP contribution in [0.15, 0.2) is 58.6 Å². The van der Waals surface area contributed by atoms with Crippen LogP contribution in [0.5, 0.6) is 0 Å². The van der Waals surface area contributed by atoms with Crippen molar-refractivity contribution < 1.29 is 14.3 Å². The standard InChI is InChI=1S/C20H19NO3S/c1-2-3-10-24-20(23)18-16(12-22)13-25-19(18)21-17-9-8-14-6-4-5-7-15(14)11-17/h4-9,11,21H,2-3,10,13H2,1H3. The van der Waals surface area contributed by atoms with Crippen LogP contribution in [0, 0.1) is 0 Å². The maximum absolute atomic E-state index is 12.4. The molecule has 0 atom stereocenters. The van der Waals surface area contributed by atoms with E-state index in [9.17, 15) is 9.59 Å². The minimum atomic E-state index is -0.458. The van der Waals surface area contributed by atoms with Crippen molar-refractivity contribution in [1.29, 1.82) is 0 Å². The van der Waals surface area contributed by atoms with Gasteiger partial charge >= 0.3 is 5.97 Å². The van der Waals surface area contributed by atoms with Crippen molar-refractivity contribution >= 4 is 40.1 Å². The molecule has 2 aromatic carbocycles. The molecule has 3 rings (SSSR count). The minimum Gasteiger partial charge on any atom is -0.462 e. The van der Waals surface area contributed by atoms with Crippen LogP contribution < -0.4 is 5.32 Å². The maximum Gasteiger partial charge on any atom is 0.341 e. The zero-order valence-corrected chi connectivity index (χ0v) is 14.8. The van der Waals surface area contributed by atoms with E-state index in [0.29, 0.717) is 28.5 Å². The summed E-state index contributed by atoms with van der Waals surface area (Å²) in [5, 5.41) is 6.16. The van der Waals surface area contributed by atoms with Crippen LogP contribution in [-0.4, -0.2) is 24.3 Å². The molecule has 128 valence electrons.